The van der Waals surface area contributed by atoms with Gasteiger partial charge in [0.1, 0.15) is 5.76 Å². The van der Waals surface area contributed by atoms with Crippen molar-refractivity contribution in [3.8, 4) is 0 Å². The monoisotopic (exact) mass is 260 g/mol. The summed E-state index contributed by atoms with van der Waals surface area (Å²) in [6, 6.07) is 4.77. The molecular formula is C14H20N4O. The average Bonchev–Trinajstić information content (AvgIpc) is 2.97. The van der Waals surface area contributed by atoms with Crippen molar-refractivity contribution in [1.29, 1.82) is 0 Å². The maximum absolute atomic E-state index is 6.01. The van der Waals surface area contributed by atoms with Crippen molar-refractivity contribution >= 4 is 0 Å². The number of furan rings is 1. The molecule has 5 heteroatoms. The maximum atomic E-state index is 6.01. The van der Waals surface area contributed by atoms with E-state index < -0.39 is 0 Å². The molecule has 5 nitrogen and oxygen atoms in total. The molecule has 0 aliphatic heterocycles. The summed E-state index contributed by atoms with van der Waals surface area (Å²) in [7, 11) is 2.02. The fourth-order valence-electron chi connectivity index (χ4n) is 2.60. The van der Waals surface area contributed by atoms with Crippen molar-refractivity contribution in [2.24, 2.45) is 12.8 Å². The van der Waals surface area contributed by atoms with Gasteiger partial charge in [-0.1, -0.05) is 0 Å². The molecule has 102 valence electrons. The molecular weight excluding hydrogens is 240 g/mol. The third-order valence-corrected chi connectivity index (χ3v) is 3.75. The Hall–Kier alpha value is -1.59. The van der Waals surface area contributed by atoms with Crippen molar-refractivity contribution < 1.29 is 4.42 Å². The Morgan fingerprint density at radius 2 is 2.42 bits per heavy atom. The van der Waals surface area contributed by atoms with Crippen LogP contribution in [0.3, 0.4) is 0 Å². The van der Waals surface area contributed by atoms with Gasteiger partial charge in [-0.3, -0.25) is 4.90 Å². The Bertz CT molecular complexity index is 515. The fourth-order valence-corrected chi connectivity index (χ4v) is 2.60. The Morgan fingerprint density at radius 1 is 1.58 bits per heavy atom. The lowest BCUT2D eigenvalue weighted by Crippen LogP contribution is -2.36. The van der Waals surface area contributed by atoms with E-state index in [1.165, 1.54) is 18.5 Å². The molecule has 1 unspecified atom stereocenters. The molecule has 0 amide bonds. The molecule has 1 aliphatic carbocycles. The van der Waals surface area contributed by atoms with E-state index in [0.29, 0.717) is 12.6 Å². The summed E-state index contributed by atoms with van der Waals surface area (Å²) in [4.78, 5) is 6.65. The second-order valence-corrected chi connectivity index (χ2v) is 5.16. The van der Waals surface area contributed by atoms with Crippen LogP contribution in [0.1, 0.15) is 30.3 Å². The minimum absolute atomic E-state index is 0.199. The van der Waals surface area contributed by atoms with Crippen LogP contribution in [0.25, 0.3) is 0 Å². The molecule has 0 aromatic carbocycles. The molecule has 1 fully saturated rings. The number of nitrogens with zero attached hydrogens (tertiary/aromatic N) is 3. The van der Waals surface area contributed by atoms with Crippen molar-refractivity contribution in [2.75, 3.05) is 6.54 Å². The van der Waals surface area contributed by atoms with Gasteiger partial charge in [0.05, 0.1) is 30.9 Å². The number of hydrogen-bond acceptors (Lipinski definition) is 4. The minimum Gasteiger partial charge on any atom is -0.468 e. The van der Waals surface area contributed by atoms with Gasteiger partial charge in [-0.05, 0) is 25.0 Å². The summed E-state index contributed by atoms with van der Waals surface area (Å²) in [5.74, 6) is 0.993. The third-order valence-electron chi connectivity index (χ3n) is 3.75. The highest BCUT2D eigenvalue weighted by molar-refractivity contribution is 5.10. The SMILES string of the molecule is Cn1cncc1C(CN)N(Cc1ccco1)C1CC1. The number of hydrogen-bond donors (Lipinski definition) is 1. The molecule has 2 aromatic rings. The highest BCUT2D eigenvalue weighted by Gasteiger charge is 2.35. The summed E-state index contributed by atoms with van der Waals surface area (Å²) >= 11 is 0. The summed E-state index contributed by atoms with van der Waals surface area (Å²) in [5.41, 5.74) is 7.18. The van der Waals surface area contributed by atoms with Crippen LogP contribution in [-0.4, -0.2) is 27.0 Å². The molecule has 1 atom stereocenters. The van der Waals surface area contributed by atoms with Gasteiger partial charge in [0.25, 0.3) is 0 Å². The maximum Gasteiger partial charge on any atom is 0.117 e. The average molecular weight is 260 g/mol. The highest BCUT2D eigenvalue weighted by Crippen LogP contribution is 2.35. The van der Waals surface area contributed by atoms with E-state index >= 15 is 0 Å². The van der Waals surface area contributed by atoms with Gasteiger partial charge in [-0.15, -0.1) is 0 Å². The highest BCUT2D eigenvalue weighted by atomic mass is 16.3. The number of imidazole rings is 1. The van der Waals surface area contributed by atoms with E-state index in [2.05, 4.69) is 14.5 Å². The van der Waals surface area contributed by atoms with Crippen molar-refractivity contribution in [3.05, 3.63) is 42.4 Å². The Labute approximate surface area is 113 Å². The number of aromatic nitrogens is 2. The normalized spacial score (nSPS) is 17.0. The smallest absolute Gasteiger partial charge is 0.117 e. The largest absolute Gasteiger partial charge is 0.468 e. The van der Waals surface area contributed by atoms with Crippen LogP contribution < -0.4 is 5.73 Å². The van der Waals surface area contributed by atoms with Crippen LogP contribution >= 0.6 is 0 Å². The van der Waals surface area contributed by atoms with E-state index in [1.807, 2.05) is 31.7 Å². The van der Waals surface area contributed by atoms with Crippen LogP contribution in [0, 0.1) is 0 Å². The molecule has 2 N–H and O–H groups in total. The number of aryl methyl sites for hydroxylation is 1. The zero-order valence-electron chi connectivity index (χ0n) is 11.2. The Morgan fingerprint density at radius 3 is 2.95 bits per heavy atom. The van der Waals surface area contributed by atoms with E-state index in [9.17, 15) is 0 Å². The molecule has 19 heavy (non-hydrogen) atoms. The van der Waals surface area contributed by atoms with Crippen molar-refractivity contribution in [1.82, 2.24) is 14.5 Å². The lowest BCUT2D eigenvalue weighted by Gasteiger charge is -2.30. The Kier molecular flexibility index (Phi) is 3.40. The van der Waals surface area contributed by atoms with Crippen molar-refractivity contribution in [3.63, 3.8) is 0 Å². The molecule has 3 rings (SSSR count). The predicted molar refractivity (Wildman–Crippen MR) is 72.3 cm³/mol. The lowest BCUT2D eigenvalue weighted by molar-refractivity contribution is 0.162. The van der Waals surface area contributed by atoms with Crippen LogP contribution in [0.15, 0.2) is 35.3 Å². The summed E-state index contributed by atoms with van der Waals surface area (Å²) in [6.07, 6.45) is 7.96. The Balaban J connectivity index is 1.83. The first-order valence-electron chi connectivity index (χ1n) is 6.74. The van der Waals surface area contributed by atoms with Crippen LogP contribution in [0.5, 0.6) is 0 Å². The van der Waals surface area contributed by atoms with E-state index in [-0.39, 0.29) is 6.04 Å². The topological polar surface area (TPSA) is 60.2 Å². The molecule has 1 saturated carbocycles. The summed E-state index contributed by atoms with van der Waals surface area (Å²) in [6.45, 7) is 1.40. The first-order chi connectivity index (χ1) is 9.29. The zero-order valence-corrected chi connectivity index (χ0v) is 11.2. The molecule has 0 spiro atoms. The zero-order chi connectivity index (χ0) is 13.2. The van der Waals surface area contributed by atoms with Crippen LogP contribution in [0.2, 0.25) is 0 Å². The fraction of sp³-hybridized carbons (Fsp3) is 0.500. The first kappa shape index (κ1) is 12.4. The predicted octanol–water partition coefficient (Wildman–Crippen LogP) is 1.68. The van der Waals surface area contributed by atoms with Gasteiger partial charge < -0.3 is 14.7 Å². The van der Waals surface area contributed by atoms with E-state index in [4.69, 9.17) is 10.2 Å². The van der Waals surface area contributed by atoms with Crippen LogP contribution in [-0.2, 0) is 13.6 Å². The van der Waals surface area contributed by atoms with Gasteiger partial charge in [-0.25, -0.2) is 4.98 Å². The van der Waals surface area contributed by atoms with Gasteiger partial charge >= 0.3 is 0 Å². The second-order valence-electron chi connectivity index (χ2n) is 5.16. The minimum atomic E-state index is 0.199. The first-order valence-corrected chi connectivity index (χ1v) is 6.74. The number of nitrogens with two attached hydrogens (primary N) is 1. The van der Waals surface area contributed by atoms with E-state index in [0.717, 1.165) is 12.3 Å². The van der Waals surface area contributed by atoms with Gasteiger partial charge in [0, 0.05) is 25.8 Å². The second kappa shape index (κ2) is 5.19. The quantitative estimate of drug-likeness (QED) is 0.858. The molecule has 0 radical (unpaired) electrons. The molecule has 2 aromatic heterocycles. The van der Waals surface area contributed by atoms with Crippen molar-refractivity contribution in [2.45, 2.75) is 31.5 Å². The van der Waals surface area contributed by atoms with E-state index in [1.54, 1.807) is 6.26 Å². The van der Waals surface area contributed by atoms with Gasteiger partial charge in [0.2, 0.25) is 0 Å². The molecule has 2 heterocycles. The number of rotatable bonds is 6. The molecule has 0 saturated heterocycles. The molecule has 0 bridgehead atoms. The third kappa shape index (κ3) is 2.57. The standard InChI is InChI=1S/C14H20N4O/c1-17-10-16-8-14(17)13(7-15)18(11-4-5-11)9-12-3-2-6-19-12/h2-3,6,8,10-11,13H,4-5,7,9,15H2,1H3. The summed E-state index contributed by atoms with van der Waals surface area (Å²) in [5, 5.41) is 0. The molecule has 1 aliphatic rings. The lowest BCUT2D eigenvalue weighted by atomic mass is 10.1. The van der Waals surface area contributed by atoms with Gasteiger partial charge in [-0.2, -0.15) is 0 Å². The van der Waals surface area contributed by atoms with Crippen LogP contribution in [0.4, 0.5) is 0 Å². The van der Waals surface area contributed by atoms with Gasteiger partial charge in [0.15, 0.2) is 0 Å². The summed E-state index contributed by atoms with van der Waals surface area (Å²) < 4.78 is 7.53.